The van der Waals surface area contributed by atoms with Crippen molar-refractivity contribution in [2.45, 2.75) is 5.92 Å². The molecule has 0 aliphatic rings. The third-order valence-electron chi connectivity index (χ3n) is 3.40. The summed E-state index contributed by atoms with van der Waals surface area (Å²) in [4.78, 5) is 0. The second-order valence-corrected chi connectivity index (χ2v) is 4.67. The number of hydrogen-bond acceptors (Lipinski definition) is 0. The van der Waals surface area contributed by atoms with E-state index in [-0.39, 0.29) is 18.9 Å². The largest absolute Gasteiger partial charge is 0.0622 e. The van der Waals surface area contributed by atoms with Gasteiger partial charge in [-0.25, -0.2) is 0 Å². The van der Waals surface area contributed by atoms with Crippen molar-refractivity contribution in [1.29, 1.82) is 0 Å². The summed E-state index contributed by atoms with van der Waals surface area (Å²) >= 11 is 0. The Kier molecular flexibility index (Phi) is 5.24. The van der Waals surface area contributed by atoms with Crippen molar-refractivity contribution >= 4 is 18.9 Å². The quantitative estimate of drug-likeness (QED) is 0.475. The molecule has 0 N–H and O–H groups in total. The third kappa shape index (κ3) is 3.22. The van der Waals surface area contributed by atoms with Gasteiger partial charge in [0.1, 0.15) is 0 Å². The molecule has 1 heteroatoms. The van der Waals surface area contributed by atoms with Gasteiger partial charge in [0.05, 0.1) is 0 Å². The molecule has 0 amide bonds. The van der Waals surface area contributed by atoms with Crippen molar-refractivity contribution < 1.29 is 0 Å². The Bertz CT molecular complexity index is 524. The van der Waals surface area contributed by atoms with Crippen LogP contribution in [-0.4, -0.2) is 18.9 Å². The summed E-state index contributed by atoms with van der Waals surface area (Å²) in [6, 6.07) is 32.0. The van der Waals surface area contributed by atoms with Gasteiger partial charge >= 0.3 is 0 Å². The predicted molar refractivity (Wildman–Crippen MR) is 86.0 cm³/mol. The Labute approximate surface area is 132 Å². The molecule has 0 aliphatic heterocycles. The Hall–Kier alpha value is -1.74. The smallest absolute Gasteiger partial charge is 0.0339 e. The normalized spacial score (nSPS) is 10.1. The van der Waals surface area contributed by atoms with Gasteiger partial charge in [-0.3, -0.25) is 0 Å². The molecule has 3 aromatic rings. The van der Waals surface area contributed by atoms with Gasteiger partial charge in [-0.05, 0) is 16.7 Å². The maximum absolute atomic E-state index is 2.20. The predicted octanol–water partition coefficient (Wildman–Crippen LogP) is 4.49. The van der Waals surface area contributed by atoms with Crippen LogP contribution in [0.2, 0.25) is 0 Å². The summed E-state index contributed by atoms with van der Waals surface area (Å²) in [5, 5.41) is 0. The van der Waals surface area contributed by atoms with Crippen molar-refractivity contribution in [3.8, 4) is 0 Å². The molecule has 0 aromatic heterocycles. The second kappa shape index (κ2) is 7.15. The Morgan fingerprint density at radius 3 is 0.900 bits per heavy atom. The fraction of sp³-hybridized carbons (Fsp3) is 0.0526. The van der Waals surface area contributed by atoms with Gasteiger partial charge in [0.2, 0.25) is 0 Å². The van der Waals surface area contributed by atoms with E-state index in [0.717, 1.165) is 0 Å². The molecule has 1 radical (unpaired) electrons. The van der Waals surface area contributed by atoms with E-state index in [9.17, 15) is 0 Å². The zero-order valence-corrected chi connectivity index (χ0v) is 11.7. The number of rotatable bonds is 3. The molecule has 0 nitrogen and oxygen atoms in total. The molecule has 0 bridgehead atoms. The van der Waals surface area contributed by atoms with Crippen LogP contribution in [0.4, 0.5) is 0 Å². The van der Waals surface area contributed by atoms with Gasteiger partial charge in [-0.1, -0.05) is 91.0 Å². The summed E-state index contributed by atoms with van der Waals surface area (Å²) in [5.74, 6) is 0.309. The molecule has 0 heterocycles. The first-order valence-corrected chi connectivity index (χ1v) is 6.60. The van der Waals surface area contributed by atoms with E-state index in [2.05, 4.69) is 91.0 Å². The zero-order chi connectivity index (χ0) is 12.9. The van der Waals surface area contributed by atoms with E-state index < -0.39 is 0 Å². The van der Waals surface area contributed by atoms with Gasteiger partial charge in [0.25, 0.3) is 0 Å². The summed E-state index contributed by atoms with van der Waals surface area (Å²) in [6.45, 7) is 0. The molecular weight excluding hydrogens is 235 g/mol. The van der Waals surface area contributed by atoms with Crippen LogP contribution in [0.25, 0.3) is 0 Å². The topological polar surface area (TPSA) is 0 Å². The van der Waals surface area contributed by atoms with E-state index in [1.54, 1.807) is 0 Å². The SMILES string of the molecule is [Li].c1ccc(C(c2ccccc2)c2ccccc2)cc1. The van der Waals surface area contributed by atoms with Crippen molar-refractivity contribution in [2.24, 2.45) is 0 Å². The molecule has 0 saturated carbocycles. The van der Waals surface area contributed by atoms with Crippen LogP contribution >= 0.6 is 0 Å². The maximum Gasteiger partial charge on any atom is 0.0339 e. The van der Waals surface area contributed by atoms with Crippen molar-refractivity contribution in [1.82, 2.24) is 0 Å². The Morgan fingerprint density at radius 1 is 0.400 bits per heavy atom. The molecule has 93 valence electrons. The van der Waals surface area contributed by atoms with Crippen LogP contribution in [0.5, 0.6) is 0 Å². The van der Waals surface area contributed by atoms with Gasteiger partial charge in [-0.2, -0.15) is 0 Å². The van der Waals surface area contributed by atoms with E-state index in [0.29, 0.717) is 5.92 Å². The molecule has 3 aromatic carbocycles. The summed E-state index contributed by atoms with van der Waals surface area (Å²) in [6.07, 6.45) is 0. The Balaban J connectivity index is 0.00000147. The van der Waals surface area contributed by atoms with Gasteiger partial charge in [-0.15, -0.1) is 0 Å². The Morgan fingerprint density at radius 2 is 0.650 bits per heavy atom. The first kappa shape index (κ1) is 14.7. The molecule has 0 saturated heterocycles. The fourth-order valence-electron chi connectivity index (χ4n) is 2.51. The van der Waals surface area contributed by atoms with Crippen molar-refractivity contribution in [3.05, 3.63) is 108 Å². The molecular formula is C19H16Li. The first-order valence-electron chi connectivity index (χ1n) is 6.60. The summed E-state index contributed by atoms with van der Waals surface area (Å²) < 4.78 is 0. The molecule has 3 rings (SSSR count). The van der Waals surface area contributed by atoms with E-state index in [1.807, 2.05) is 0 Å². The maximum atomic E-state index is 2.20. The minimum absolute atomic E-state index is 0. The number of hydrogen-bond donors (Lipinski definition) is 0. The van der Waals surface area contributed by atoms with Crippen LogP contribution in [0.3, 0.4) is 0 Å². The molecule has 0 atom stereocenters. The fourth-order valence-corrected chi connectivity index (χ4v) is 2.51. The monoisotopic (exact) mass is 251 g/mol. The molecule has 20 heavy (non-hydrogen) atoms. The number of benzene rings is 3. The zero-order valence-electron chi connectivity index (χ0n) is 11.7. The minimum atomic E-state index is 0. The van der Waals surface area contributed by atoms with Gasteiger partial charge < -0.3 is 0 Å². The van der Waals surface area contributed by atoms with Crippen LogP contribution in [0.1, 0.15) is 22.6 Å². The summed E-state index contributed by atoms with van der Waals surface area (Å²) in [7, 11) is 0. The van der Waals surface area contributed by atoms with Crippen LogP contribution in [0, 0.1) is 0 Å². The van der Waals surface area contributed by atoms with Crippen molar-refractivity contribution in [3.63, 3.8) is 0 Å². The van der Waals surface area contributed by atoms with Gasteiger partial charge in [0, 0.05) is 24.8 Å². The average molecular weight is 251 g/mol. The van der Waals surface area contributed by atoms with Crippen LogP contribution < -0.4 is 0 Å². The van der Waals surface area contributed by atoms with E-state index in [4.69, 9.17) is 0 Å². The van der Waals surface area contributed by atoms with Crippen molar-refractivity contribution in [2.75, 3.05) is 0 Å². The second-order valence-electron chi connectivity index (χ2n) is 4.67. The van der Waals surface area contributed by atoms with E-state index in [1.165, 1.54) is 16.7 Å². The van der Waals surface area contributed by atoms with Crippen LogP contribution in [-0.2, 0) is 0 Å². The minimum Gasteiger partial charge on any atom is -0.0622 e. The third-order valence-corrected chi connectivity index (χ3v) is 3.40. The van der Waals surface area contributed by atoms with Gasteiger partial charge in [0.15, 0.2) is 0 Å². The molecule has 0 spiro atoms. The summed E-state index contributed by atoms with van der Waals surface area (Å²) in [5.41, 5.74) is 4.00. The van der Waals surface area contributed by atoms with Crippen LogP contribution in [0.15, 0.2) is 91.0 Å². The average Bonchev–Trinajstić information content (AvgIpc) is 2.51. The first-order chi connectivity index (χ1) is 9.45. The molecule has 0 unspecified atom stereocenters. The molecule has 0 fully saturated rings. The van der Waals surface area contributed by atoms with E-state index >= 15 is 0 Å². The molecule has 0 aliphatic carbocycles. The standard InChI is InChI=1S/C19H16.Li/c1-4-10-16(11-5-1)19(17-12-6-2-7-13-17)18-14-8-3-9-15-18;/h1-15,19H;.